The van der Waals surface area contributed by atoms with Gasteiger partial charge in [-0.15, -0.1) is 0 Å². The lowest BCUT2D eigenvalue weighted by molar-refractivity contribution is 0.411. The van der Waals surface area contributed by atoms with Crippen molar-refractivity contribution in [2.75, 3.05) is 13.1 Å². The van der Waals surface area contributed by atoms with Crippen LogP contribution in [0.4, 0.5) is 0 Å². The van der Waals surface area contributed by atoms with E-state index >= 15 is 0 Å². The number of nitrogens with zero attached hydrogens (tertiary/aromatic N) is 1. The molecule has 0 unspecified atom stereocenters. The summed E-state index contributed by atoms with van der Waals surface area (Å²) in [6.07, 6.45) is 6.83. The van der Waals surface area contributed by atoms with Crippen molar-refractivity contribution in [2.24, 2.45) is 0 Å². The van der Waals surface area contributed by atoms with Gasteiger partial charge in [-0.1, -0.05) is 36.4 Å². The second kappa shape index (κ2) is 4.13. The minimum atomic E-state index is 1.15. The van der Waals surface area contributed by atoms with Crippen LogP contribution in [-0.2, 0) is 6.42 Å². The van der Waals surface area contributed by atoms with E-state index in [9.17, 15) is 0 Å². The predicted molar refractivity (Wildman–Crippen MR) is 55.5 cm³/mol. The molecular weight excluding hydrogens is 158 g/mol. The van der Waals surface area contributed by atoms with Crippen molar-refractivity contribution >= 4 is 0 Å². The maximum Gasteiger partial charge on any atom is 0.0213 e. The molecule has 68 valence electrons. The van der Waals surface area contributed by atoms with Gasteiger partial charge in [0.15, 0.2) is 0 Å². The van der Waals surface area contributed by atoms with Gasteiger partial charge in [0.2, 0.25) is 0 Å². The maximum absolute atomic E-state index is 2.38. The van der Waals surface area contributed by atoms with Gasteiger partial charge in [-0.3, -0.25) is 0 Å². The molecule has 1 aliphatic rings. The first kappa shape index (κ1) is 8.36. The van der Waals surface area contributed by atoms with E-state index in [0.29, 0.717) is 0 Å². The molecule has 0 aliphatic carbocycles. The van der Waals surface area contributed by atoms with Crippen molar-refractivity contribution in [1.29, 1.82) is 0 Å². The van der Waals surface area contributed by atoms with Crippen LogP contribution in [0.15, 0.2) is 42.6 Å². The summed E-state index contributed by atoms with van der Waals surface area (Å²) in [7, 11) is 0. The van der Waals surface area contributed by atoms with E-state index in [-0.39, 0.29) is 0 Å². The molecule has 1 heteroatoms. The zero-order valence-electron chi connectivity index (χ0n) is 7.82. The highest BCUT2D eigenvalue weighted by Gasteiger charge is 2.02. The van der Waals surface area contributed by atoms with Crippen LogP contribution in [0, 0.1) is 0 Å². The number of hydrogen-bond acceptors (Lipinski definition) is 1. The molecular formula is C12H15N. The normalized spacial score (nSPS) is 15.2. The van der Waals surface area contributed by atoms with Gasteiger partial charge in [0, 0.05) is 13.1 Å². The van der Waals surface area contributed by atoms with Crippen LogP contribution in [0.5, 0.6) is 0 Å². The van der Waals surface area contributed by atoms with E-state index in [1.54, 1.807) is 0 Å². The summed E-state index contributed by atoms with van der Waals surface area (Å²) in [5, 5.41) is 0. The molecule has 2 rings (SSSR count). The number of rotatable bonds is 3. The highest BCUT2D eigenvalue weighted by Crippen LogP contribution is 2.06. The van der Waals surface area contributed by atoms with E-state index in [2.05, 4.69) is 47.5 Å². The largest absolute Gasteiger partial charge is 0.377 e. The minimum absolute atomic E-state index is 1.15. The lowest BCUT2D eigenvalue weighted by Gasteiger charge is -2.14. The summed E-state index contributed by atoms with van der Waals surface area (Å²) in [6.45, 7) is 2.35. The van der Waals surface area contributed by atoms with Gasteiger partial charge in [0.25, 0.3) is 0 Å². The Morgan fingerprint density at radius 1 is 1.15 bits per heavy atom. The van der Waals surface area contributed by atoms with Crippen LogP contribution >= 0.6 is 0 Å². The number of hydrogen-bond donors (Lipinski definition) is 0. The zero-order chi connectivity index (χ0) is 8.93. The Bertz CT molecular complexity index is 276. The fraction of sp³-hybridized carbons (Fsp3) is 0.333. The lowest BCUT2D eigenvalue weighted by Crippen LogP contribution is -2.17. The SMILES string of the molecule is C1=CN(CCc2ccccc2)CC1. The first-order valence-electron chi connectivity index (χ1n) is 4.90. The van der Waals surface area contributed by atoms with Gasteiger partial charge in [0.1, 0.15) is 0 Å². The molecule has 1 aromatic carbocycles. The third-order valence-corrected chi connectivity index (χ3v) is 2.43. The molecule has 13 heavy (non-hydrogen) atoms. The molecule has 1 aromatic rings. The quantitative estimate of drug-likeness (QED) is 0.678. The maximum atomic E-state index is 2.38. The van der Waals surface area contributed by atoms with Crippen molar-refractivity contribution in [3.63, 3.8) is 0 Å². The molecule has 0 amide bonds. The van der Waals surface area contributed by atoms with Crippen LogP contribution in [0.2, 0.25) is 0 Å². The minimum Gasteiger partial charge on any atom is -0.377 e. The first-order chi connectivity index (χ1) is 6.45. The van der Waals surface area contributed by atoms with Crippen LogP contribution in [0.1, 0.15) is 12.0 Å². The third kappa shape index (κ3) is 2.35. The standard InChI is InChI=1S/C12H15N/c1-2-6-12(7-3-1)8-11-13-9-4-5-10-13/h1-4,6-7,9H,5,8,10-11H2. The summed E-state index contributed by atoms with van der Waals surface area (Å²) < 4.78 is 0. The molecule has 0 saturated heterocycles. The Labute approximate surface area is 79.7 Å². The molecule has 0 N–H and O–H groups in total. The predicted octanol–water partition coefficient (Wildman–Crippen LogP) is 2.45. The van der Waals surface area contributed by atoms with Gasteiger partial charge in [-0.05, 0) is 24.6 Å². The second-order valence-electron chi connectivity index (χ2n) is 3.45. The van der Waals surface area contributed by atoms with Gasteiger partial charge >= 0.3 is 0 Å². The molecule has 0 saturated carbocycles. The second-order valence-corrected chi connectivity index (χ2v) is 3.45. The molecule has 0 fully saturated rings. The Kier molecular flexibility index (Phi) is 2.65. The van der Waals surface area contributed by atoms with Crippen molar-refractivity contribution in [3.8, 4) is 0 Å². The topological polar surface area (TPSA) is 3.24 Å². The Morgan fingerprint density at radius 2 is 2.00 bits per heavy atom. The van der Waals surface area contributed by atoms with Crippen molar-refractivity contribution in [3.05, 3.63) is 48.2 Å². The van der Waals surface area contributed by atoms with Crippen LogP contribution in [-0.4, -0.2) is 18.0 Å². The van der Waals surface area contributed by atoms with Gasteiger partial charge < -0.3 is 4.90 Å². The third-order valence-electron chi connectivity index (χ3n) is 2.43. The summed E-state index contributed by atoms with van der Waals surface area (Å²) >= 11 is 0. The number of benzene rings is 1. The Hall–Kier alpha value is -1.24. The summed E-state index contributed by atoms with van der Waals surface area (Å²) in [5.74, 6) is 0. The monoisotopic (exact) mass is 173 g/mol. The van der Waals surface area contributed by atoms with Crippen LogP contribution in [0.3, 0.4) is 0 Å². The van der Waals surface area contributed by atoms with Crippen molar-refractivity contribution in [1.82, 2.24) is 4.90 Å². The fourth-order valence-corrected chi connectivity index (χ4v) is 1.64. The van der Waals surface area contributed by atoms with E-state index in [1.165, 1.54) is 18.5 Å². The van der Waals surface area contributed by atoms with Gasteiger partial charge in [-0.25, -0.2) is 0 Å². The highest BCUT2D eigenvalue weighted by atomic mass is 15.1. The molecule has 1 aliphatic heterocycles. The molecule has 1 heterocycles. The van der Waals surface area contributed by atoms with E-state index < -0.39 is 0 Å². The zero-order valence-corrected chi connectivity index (χ0v) is 7.82. The summed E-state index contributed by atoms with van der Waals surface area (Å²) in [5.41, 5.74) is 1.43. The average molecular weight is 173 g/mol. The smallest absolute Gasteiger partial charge is 0.0213 e. The van der Waals surface area contributed by atoms with Gasteiger partial charge in [-0.2, -0.15) is 0 Å². The highest BCUT2D eigenvalue weighted by molar-refractivity contribution is 5.15. The Morgan fingerprint density at radius 3 is 2.69 bits per heavy atom. The van der Waals surface area contributed by atoms with Crippen LogP contribution in [0.25, 0.3) is 0 Å². The average Bonchev–Trinajstić information content (AvgIpc) is 2.69. The summed E-state index contributed by atoms with van der Waals surface area (Å²) in [4.78, 5) is 2.38. The molecule has 0 atom stereocenters. The Balaban J connectivity index is 1.82. The van der Waals surface area contributed by atoms with E-state index in [0.717, 1.165) is 13.0 Å². The summed E-state index contributed by atoms with van der Waals surface area (Å²) in [6, 6.07) is 10.7. The van der Waals surface area contributed by atoms with Gasteiger partial charge in [0.05, 0.1) is 0 Å². The van der Waals surface area contributed by atoms with E-state index in [4.69, 9.17) is 0 Å². The molecule has 0 spiro atoms. The molecule has 0 aromatic heterocycles. The van der Waals surface area contributed by atoms with E-state index in [1.807, 2.05) is 0 Å². The fourth-order valence-electron chi connectivity index (χ4n) is 1.64. The van der Waals surface area contributed by atoms with Crippen molar-refractivity contribution in [2.45, 2.75) is 12.8 Å². The molecule has 0 radical (unpaired) electrons. The first-order valence-corrected chi connectivity index (χ1v) is 4.90. The van der Waals surface area contributed by atoms with Crippen LogP contribution < -0.4 is 0 Å². The molecule has 0 bridgehead atoms. The lowest BCUT2D eigenvalue weighted by atomic mass is 10.1. The van der Waals surface area contributed by atoms with Crippen molar-refractivity contribution < 1.29 is 0 Å². The molecule has 1 nitrogen and oxygen atoms in total.